The Labute approximate surface area is 182 Å². The fourth-order valence-electron chi connectivity index (χ4n) is 3.29. The number of hydrogen-bond acceptors (Lipinski definition) is 6. The fraction of sp³-hybridized carbons (Fsp3) is 0.333. The Hall–Kier alpha value is -3.48. The molecule has 0 aromatic heterocycles. The first-order valence-corrected chi connectivity index (χ1v) is 10.3. The van der Waals surface area contributed by atoms with Gasteiger partial charge < -0.3 is 24.0 Å². The van der Waals surface area contributed by atoms with Crippen molar-refractivity contribution in [1.29, 1.82) is 0 Å². The smallest absolute Gasteiger partial charge is 0.331 e. The van der Waals surface area contributed by atoms with Crippen molar-refractivity contribution in [3.8, 4) is 11.5 Å². The minimum absolute atomic E-state index is 0.183. The highest BCUT2D eigenvalue weighted by Gasteiger charge is 2.22. The van der Waals surface area contributed by atoms with E-state index in [0.717, 1.165) is 35.8 Å². The van der Waals surface area contributed by atoms with Gasteiger partial charge in [0.25, 0.3) is 5.91 Å². The Morgan fingerprint density at radius 3 is 2.19 bits per heavy atom. The van der Waals surface area contributed by atoms with E-state index in [0.29, 0.717) is 19.7 Å². The predicted molar refractivity (Wildman–Crippen MR) is 119 cm³/mol. The number of carbonyl (C=O) groups is 2. The zero-order valence-corrected chi connectivity index (χ0v) is 18.0. The number of rotatable bonds is 8. The summed E-state index contributed by atoms with van der Waals surface area (Å²) in [5.41, 5.74) is 1.94. The van der Waals surface area contributed by atoms with Crippen LogP contribution in [0.5, 0.6) is 11.5 Å². The van der Waals surface area contributed by atoms with Gasteiger partial charge >= 0.3 is 5.97 Å². The minimum Gasteiger partial charge on any atom is -0.497 e. The number of ether oxygens (including phenoxy) is 3. The molecule has 0 bridgehead atoms. The van der Waals surface area contributed by atoms with Crippen LogP contribution in [0.3, 0.4) is 0 Å². The molecule has 0 aliphatic carbocycles. The van der Waals surface area contributed by atoms with Crippen LogP contribution in [-0.2, 0) is 14.3 Å². The highest BCUT2D eigenvalue weighted by molar-refractivity contribution is 5.89. The van der Waals surface area contributed by atoms with Crippen LogP contribution >= 0.6 is 0 Å². The summed E-state index contributed by atoms with van der Waals surface area (Å²) in [6.45, 7) is 4.90. The van der Waals surface area contributed by atoms with E-state index in [2.05, 4.69) is 4.90 Å². The van der Waals surface area contributed by atoms with Crippen molar-refractivity contribution in [2.45, 2.75) is 6.92 Å². The molecule has 2 aromatic rings. The van der Waals surface area contributed by atoms with Crippen LogP contribution in [0.1, 0.15) is 12.5 Å². The third-order valence-corrected chi connectivity index (χ3v) is 5.01. The summed E-state index contributed by atoms with van der Waals surface area (Å²) in [7, 11) is 1.64. The number of piperazine rings is 1. The Morgan fingerprint density at radius 1 is 0.935 bits per heavy atom. The molecule has 31 heavy (non-hydrogen) atoms. The third kappa shape index (κ3) is 6.50. The quantitative estimate of drug-likeness (QED) is 0.479. The molecule has 2 aromatic carbocycles. The number of carbonyl (C=O) groups excluding carboxylic acids is 2. The monoisotopic (exact) mass is 424 g/mol. The molecule has 1 saturated heterocycles. The lowest BCUT2D eigenvalue weighted by atomic mass is 10.2. The summed E-state index contributed by atoms with van der Waals surface area (Å²) in [5.74, 6) is 0.868. The van der Waals surface area contributed by atoms with Crippen molar-refractivity contribution in [2.24, 2.45) is 0 Å². The summed E-state index contributed by atoms with van der Waals surface area (Å²) in [6.07, 6.45) is 2.97. The first-order valence-electron chi connectivity index (χ1n) is 10.3. The Balaban J connectivity index is 1.40. The molecule has 0 spiro atoms. The lowest BCUT2D eigenvalue weighted by Gasteiger charge is -2.36. The van der Waals surface area contributed by atoms with Gasteiger partial charge in [-0.3, -0.25) is 4.79 Å². The van der Waals surface area contributed by atoms with Crippen molar-refractivity contribution < 1.29 is 23.8 Å². The molecule has 164 valence electrons. The lowest BCUT2D eigenvalue weighted by Crippen LogP contribution is -2.49. The van der Waals surface area contributed by atoms with E-state index in [1.54, 1.807) is 18.1 Å². The average molecular weight is 424 g/mol. The molecular weight excluding hydrogens is 396 g/mol. The van der Waals surface area contributed by atoms with Crippen molar-refractivity contribution in [1.82, 2.24) is 4.90 Å². The van der Waals surface area contributed by atoms with Gasteiger partial charge in [0.2, 0.25) is 0 Å². The van der Waals surface area contributed by atoms with E-state index in [4.69, 9.17) is 14.2 Å². The second kappa shape index (κ2) is 11.1. The lowest BCUT2D eigenvalue weighted by molar-refractivity contribution is -0.148. The summed E-state index contributed by atoms with van der Waals surface area (Å²) in [6, 6.07) is 15.2. The second-order valence-electron chi connectivity index (χ2n) is 7.01. The highest BCUT2D eigenvalue weighted by Crippen LogP contribution is 2.20. The molecule has 1 heterocycles. The van der Waals surface area contributed by atoms with Gasteiger partial charge in [0, 0.05) is 37.9 Å². The molecule has 0 atom stereocenters. The summed E-state index contributed by atoms with van der Waals surface area (Å²) in [5, 5.41) is 0. The number of amides is 1. The number of methoxy groups -OCH3 is 1. The van der Waals surface area contributed by atoms with Crippen molar-refractivity contribution in [3.05, 3.63) is 60.2 Å². The van der Waals surface area contributed by atoms with E-state index in [1.807, 2.05) is 55.5 Å². The standard InChI is InChI=1S/C24H28N2O5/c1-3-30-22-9-4-19(5-10-22)6-13-24(28)31-18-23(27)26-16-14-25(15-17-26)20-7-11-21(29-2)12-8-20/h4-13H,3,14-18H2,1-2H3/b13-6+. The van der Waals surface area contributed by atoms with E-state index < -0.39 is 5.97 Å². The van der Waals surface area contributed by atoms with Gasteiger partial charge in [0.1, 0.15) is 11.5 Å². The van der Waals surface area contributed by atoms with Crippen LogP contribution in [0.25, 0.3) is 6.08 Å². The molecule has 7 nitrogen and oxygen atoms in total. The van der Waals surface area contributed by atoms with Crippen molar-refractivity contribution in [2.75, 3.05) is 51.4 Å². The number of anilines is 1. The largest absolute Gasteiger partial charge is 0.497 e. The summed E-state index contributed by atoms with van der Waals surface area (Å²) in [4.78, 5) is 28.3. The van der Waals surface area contributed by atoms with E-state index in [1.165, 1.54) is 6.08 Å². The molecule has 1 fully saturated rings. The molecule has 3 rings (SSSR count). The van der Waals surface area contributed by atoms with Crippen LogP contribution in [-0.4, -0.2) is 63.3 Å². The first kappa shape index (κ1) is 22.2. The zero-order valence-electron chi connectivity index (χ0n) is 18.0. The van der Waals surface area contributed by atoms with Crippen LogP contribution in [0.15, 0.2) is 54.6 Å². The van der Waals surface area contributed by atoms with E-state index >= 15 is 0 Å². The molecule has 7 heteroatoms. The van der Waals surface area contributed by atoms with Crippen LogP contribution < -0.4 is 14.4 Å². The third-order valence-electron chi connectivity index (χ3n) is 5.01. The van der Waals surface area contributed by atoms with E-state index in [-0.39, 0.29) is 12.5 Å². The van der Waals surface area contributed by atoms with Crippen LogP contribution in [0.2, 0.25) is 0 Å². The number of hydrogen-bond donors (Lipinski definition) is 0. The number of nitrogens with zero attached hydrogens (tertiary/aromatic N) is 2. The molecule has 1 aliphatic heterocycles. The van der Waals surface area contributed by atoms with Crippen molar-refractivity contribution >= 4 is 23.6 Å². The molecule has 0 unspecified atom stereocenters. The molecule has 0 saturated carbocycles. The zero-order chi connectivity index (χ0) is 22.1. The van der Waals surface area contributed by atoms with Gasteiger partial charge in [0.15, 0.2) is 6.61 Å². The Morgan fingerprint density at radius 2 is 1.58 bits per heavy atom. The maximum Gasteiger partial charge on any atom is 0.331 e. The van der Waals surface area contributed by atoms with Gasteiger partial charge in [0.05, 0.1) is 13.7 Å². The molecule has 0 radical (unpaired) electrons. The van der Waals surface area contributed by atoms with Gasteiger partial charge in [-0.25, -0.2) is 4.79 Å². The normalized spacial score (nSPS) is 13.9. The number of esters is 1. The van der Waals surface area contributed by atoms with Gasteiger partial charge in [-0.2, -0.15) is 0 Å². The molecule has 1 aliphatic rings. The molecule has 1 amide bonds. The van der Waals surface area contributed by atoms with Crippen molar-refractivity contribution in [3.63, 3.8) is 0 Å². The first-order chi connectivity index (χ1) is 15.1. The van der Waals surface area contributed by atoms with Gasteiger partial charge in [-0.1, -0.05) is 12.1 Å². The summed E-state index contributed by atoms with van der Waals surface area (Å²) >= 11 is 0. The van der Waals surface area contributed by atoms with Crippen LogP contribution in [0, 0.1) is 0 Å². The highest BCUT2D eigenvalue weighted by atomic mass is 16.5. The average Bonchev–Trinajstić information content (AvgIpc) is 2.82. The molecule has 0 N–H and O–H groups in total. The minimum atomic E-state index is -0.542. The molecular formula is C24H28N2O5. The Bertz CT molecular complexity index is 885. The second-order valence-corrected chi connectivity index (χ2v) is 7.01. The number of benzene rings is 2. The Kier molecular flexibility index (Phi) is 7.92. The van der Waals surface area contributed by atoms with Gasteiger partial charge in [-0.15, -0.1) is 0 Å². The van der Waals surface area contributed by atoms with Gasteiger partial charge in [-0.05, 0) is 55.0 Å². The van der Waals surface area contributed by atoms with Crippen LogP contribution in [0.4, 0.5) is 5.69 Å². The summed E-state index contributed by atoms with van der Waals surface area (Å²) < 4.78 is 15.7. The van der Waals surface area contributed by atoms with E-state index in [9.17, 15) is 9.59 Å². The maximum absolute atomic E-state index is 12.4. The predicted octanol–water partition coefficient (Wildman–Crippen LogP) is 3.00. The SMILES string of the molecule is CCOc1ccc(/C=C/C(=O)OCC(=O)N2CCN(c3ccc(OC)cc3)CC2)cc1. The fourth-order valence-corrected chi connectivity index (χ4v) is 3.29. The maximum atomic E-state index is 12.4. The topological polar surface area (TPSA) is 68.3 Å².